The summed E-state index contributed by atoms with van der Waals surface area (Å²) in [6, 6.07) is 6.30. The third kappa shape index (κ3) is 2.10. The van der Waals surface area contributed by atoms with E-state index >= 15 is 0 Å². The molecule has 16 heavy (non-hydrogen) atoms. The molecular formula is C10H12FN5. The summed E-state index contributed by atoms with van der Waals surface area (Å²) in [5.41, 5.74) is 6.45. The molecule has 0 amide bonds. The Labute approximate surface area is 92.1 Å². The van der Waals surface area contributed by atoms with E-state index < -0.39 is 0 Å². The number of benzene rings is 1. The second kappa shape index (κ2) is 4.18. The molecule has 1 aromatic heterocycles. The van der Waals surface area contributed by atoms with Crippen molar-refractivity contribution in [2.45, 2.75) is 6.54 Å². The zero-order valence-corrected chi connectivity index (χ0v) is 8.81. The lowest BCUT2D eigenvalue weighted by atomic mass is 10.2. The van der Waals surface area contributed by atoms with Gasteiger partial charge in [0.2, 0.25) is 11.9 Å². The fraction of sp³-hybridized carbons (Fsp3) is 0.200. The van der Waals surface area contributed by atoms with Gasteiger partial charge < -0.3 is 11.1 Å². The van der Waals surface area contributed by atoms with Gasteiger partial charge in [-0.2, -0.15) is 4.98 Å². The number of aromatic nitrogens is 3. The highest BCUT2D eigenvalue weighted by Gasteiger charge is 2.06. The molecule has 0 bridgehead atoms. The number of anilines is 2. The first kappa shape index (κ1) is 10.4. The number of hydrogen-bond acceptors (Lipinski definition) is 4. The van der Waals surface area contributed by atoms with E-state index in [4.69, 9.17) is 5.73 Å². The highest BCUT2D eigenvalue weighted by molar-refractivity contribution is 5.31. The van der Waals surface area contributed by atoms with Crippen molar-refractivity contribution in [3.05, 3.63) is 35.6 Å². The van der Waals surface area contributed by atoms with Crippen LogP contribution in [0, 0.1) is 5.82 Å². The largest absolute Gasteiger partial charge is 0.368 e. The minimum atomic E-state index is -0.273. The second-order valence-electron chi connectivity index (χ2n) is 3.33. The predicted molar refractivity (Wildman–Crippen MR) is 59.5 cm³/mol. The highest BCUT2D eigenvalue weighted by Crippen LogP contribution is 2.09. The number of nitrogens with one attached hydrogen (secondary N) is 1. The van der Waals surface area contributed by atoms with Gasteiger partial charge in [-0.15, -0.1) is 5.10 Å². The number of nitrogens with zero attached hydrogens (tertiary/aromatic N) is 3. The van der Waals surface area contributed by atoms with Crippen LogP contribution in [0.15, 0.2) is 24.3 Å². The molecule has 0 saturated heterocycles. The van der Waals surface area contributed by atoms with Crippen LogP contribution in [0.2, 0.25) is 0 Å². The first-order valence-corrected chi connectivity index (χ1v) is 4.81. The van der Waals surface area contributed by atoms with Gasteiger partial charge in [-0.3, -0.25) is 0 Å². The van der Waals surface area contributed by atoms with Crippen molar-refractivity contribution >= 4 is 11.9 Å². The van der Waals surface area contributed by atoms with Crippen molar-refractivity contribution in [2.75, 3.05) is 18.1 Å². The average Bonchev–Trinajstić information content (AvgIpc) is 2.60. The second-order valence-corrected chi connectivity index (χ2v) is 3.33. The molecule has 2 aromatic rings. The zero-order valence-electron chi connectivity index (χ0n) is 8.81. The van der Waals surface area contributed by atoms with E-state index in [1.165, 1.54) is 16.8 Å². The van der Waals surface area contributed by atoms with Gasteiger partial charge in [-0.25, -0.2) is 9.07 Å². The molecule has 0 fully saturated rings. The maximum Gasteiger partial charge on any atom is 0.243 e. The fourth-order valence-corrected chi connectivity index (χ4v) is 1.38. The van der Waals surface area contributed by atoms with Gasteiger partial charge >= 0.3 is 0 Å². The van der Waals surface area contributed by atoms with E-state index in [1.807, 2.05) is 6.07 Å². The molecule has 0 unspecified atom stereocenters. The molecule has 84 valence electrons. The first-order chi connectivity index (χ1) is 7.69. The topological polar surface area (TPSA) is 68.8 Å². The van der Waals surface area contributed by atoms with Crippen molar-refractivity contribution < 1.29 is 4.39 Å². The molecule has 3 N–H and O–H groups in total. The van der Waals surface area contributed by atoms with Gasteiger partial charge in [0.15, 0.2) is 0 Å². The fourth-order valence-electron chi connectivity index (χ4n) is 1.38. The van der Waals surface area contributed by atoms with Crippen molar-refractivity contribution in [3.8, 4) is 0 Å². The summed E-state index contributed by atoms with van der Waals surface area (Å²) in [6.45, 7) is 0.401. The Morgan fingerprint density at radius 3 is 2.94 bits per heavy atom. The van der Waals surface area contributed by atoms with Gasteiger partial charge in [0.25, 0.3) is 0 Å². The molecule has 5 nitrogen and oxygen atoms in total. The molecule has 0 aliphatic carbocycles. The van der Waals surface area contributed by atoms with Crippen molar-refractivity contribution in [1.29, 1.82) is 0 Å². The smallest absolute Gasteiger partial charge is 0.243 e. The number of halogens is 1. The van der Waals surface area contributed by atoms with Gasteiger partial charge in [0.05, 0.1) is 6.54 Å². The Bertz CT molecular complexity index is 494. The van der Waals surface area contributed by atoms with Gasteiger partial charge in [-0.05, 0) is 17.7 Å². The molecular weight excluding hydrogens is 209 g/mol. The summed E-state index contributed by atoms with van der Waals surface area (Å²) in [7, 11) is 1.71. The maximum absolute atomic E-state index is 13.0. The monoisotopic (exact) mass is 221 g/mol. The van der Waals surface area contributed by atoms with Crippen molar-refractivity contribution in [1.82, 2.24) is 14.8 Å². The summed E-state index contributed by atoms with van der Waals surface area (Å²) in [5.74, 6) is 0.479. The first-order valence-electron chi connectivity index (χ1n) is 4.81. The Hall–Kier alpha value is -2.11. The normalized spacial score (nSPS) is 10.4. The van der Waals surface area contributed by atoms with Crippen LogP contribution < -0.4 is 11.1 Å². The molecule has 0 saturated carbocycles. The minimum Gasteiger partial charge on any atom is -0.368 e. The standard InChI is InChI=1S/C10H12FN5/c1-13-10-14-9(12)16(15-10)6-7-3-2-4-8(11)5-7/h2-5H,6H2,1H3,(H3,12,13,14,15). The third-order valence-electron chi connectivity index (χ3n) is 2.15. The third-order valence-corrected chi connectivity index (χ3v) is 2.15. The van der Waals surface area contributed by atoms with E-state index in [2.05, 4.69) is 15.4 Å². The molecule has 6 heteroatoms. The minimum absolute atomic E-state index is 0.273. The number of nitrogens with two attached hydrogens (primary N) is 1. The van der Waals surface area contributed by atoms with Gasteiger partial charge in [-0.1, -0.05) is 12.1 Å². The summed E-state index contributed by atoms with van der Waals surface area (Å²) in [5, 5.41) is 6.89. The van der Waals surface area contributed by atoms with Gasteiger partial charge in [0.1, 0.15) is 5.82 Å². The molecule has 0 spiro atoms. The molecule has 0 aliphatic heterocycles. The highest BCUT2D eigenvalue weighted by atomic mass is 19.1. The number of nitrogen functional groups attached to an aromatic ring is 1. The Morgan fingerprint density at radius 2 is 2.31 bits per heavy atom. The Morgan fingerprint density at radius 1 is 1.50 bits per heavy atom. The van der Waals surface area contributed by atoms with Crippen LogP contribution in [0.4, 0.5) is 16.3 Å². The van der Waals surface area contributed by atoms with Crippen molar-refractivity contribution in [3.63, 3.8) is 0 Å². The molecule has 1 aromatic carbocycles. The summed E-state index contributed by atoms with van der Waals surface area (Å²) in [4.78, 5) is 3.97. The molecule has 0 atom stereocenters. The van der Waals surface area contributed by atoms with Crippen LogP contribution in [0.25, 0.3) is 0 Å². The number of hydrogen-bond donors (Lipinski definition) is 2. The van der Waals surface area contributed by atoms with E-state index in [0.717, 1.165) is 5.56 Å². The van der Waals surface area contributed by atoms with Crippen LogP contribution in [0.1, 0.15) is 5.56 Å². The van der Waals surface area contributed by atoms with Crippen LogP contribution in [-0.2, 0) is 6.54 Å². The van der Waals surface area contributed by atoms with Crippen LogP contribution in [0.5, 0.6) is 0 Å². The van der Waals surface area contributed by atoms with Gasteiger partial charge in [0, 0.05) is 7.05 Å². The van der Waals surface area contributed by atoms with E-state index in [9.17, 15) is 4.39 Å². The zero-order chi connectivity index (χ0) is 11.5. The van der Waals surface area contributed by atoms with Crippen LogP contribution in [0.3, 0.4) is 0 Å². The van der Waals surface area contributed by atoms with E-state index in [0.29, 0.717) is 18.4 Å². The Kier molecular flexibility index (Phi) is 2.72. The average molecular weight is 221 g/mol. The molecule has 0 aliphatic rings. The number of rotatable bonds is 3. The summed E-state index contributed by atoms with van der Waals surface area (Å²) in [6.07, 6.45) is 0. The molecule has 0 radical (unpaired) electrons. The van der Waals surface area contributed by atoms with Crippen molar-refractivity contribution in [2.24, 2.45) is 0 Å². The van der Waals surface area contributed by atoms with Crippen LogP contribution >= 0.6 is 0 Å². The lowest BCUT2D eigenvalue weighted by molar-refractivity contribution is 0.620. The molecule has 2 rings (SSSR count). The summed E-state index contributed by atoms with van der Waals surface area (Å²) >= 11 is 0. The lowest BCUT2D eigenvalue weighted by Gasteiger charge is -2.02. The SMILES string of the molecule is CNc1nc(N)n(Cc2cccc(F)c2)n1. The van der Waals surface area contributed by atoms with E-state index in [1.54, 1.807) is 13.1 Å². The Balaban J connectivity index is 2.23. The lowest BCUT2D eigenvalue weighted by Crippen LogP contribution is -2.06. The van der Waals surface area contributed by atoms with E-state index in [-0.39, 0.29) is 5.82 Å². The van der Waals surface area contributed by atoms with Crippen LogP contribution in [-0.4, -0.2) is 21.8 Å². The molecule has 1 heterocycles. The maximum atomic E-state index is 13.0. The quantitative estimate of drug-likeness (QED) is 0.814. The summed E-state index contributed by atoms with van der Waals surface area (Å²) < 4.78 is 14.5. The predicted octanol–water partition coefficient (Wildman–Crippen LogP) is 1.09.